The van der Waals surface area contributed by atoms with Crippen LogP contribution in [-0.2, 0) is 7.05 Å². The second-order valence-corrected chi connectivity index (χ2v) is 5.93. The van der Waals surface area contributed by atoms with Gasteiger partial charge in [0, 0.05) is 16.4 Å². The number of aryl methyl sites for hydroxylation is 1. The monoisotopic (exact) mass is 336 g/mol. The van der Waals surface area contributed by atoms with Gasteiger partial charge in [0.15, 0.2) is 5.75 Å². The Hall–Kier alpha value is -0.560. The fourth-order valence-corrected chi connectivity index (χ4v) is 3.25. The molecule has 2 aromatic heterocycles. The number of ether oxygens (including phenoxy) is 1. The average Bonchev–Trinajstić information content (AvgIpc) is 2.82. The van der Waals surface area contributed by atoms with E-state index < -0.39 is 6.10 Å². The summed E-state index contributed by atoms with van der Waals surface area (Å²) in [5, 5.41) is 14.4. The number of aliphatic hydroxyl groups is 1. The van der Waals surface area contributed by atoms with E-state index >= 15 is 0 Å². The van der Waals surface area contributed by atoms with Crippen LogP contribution in [-0.4, -0.2) is 22.0 Å². The van der Waals surface area contributed by atoms with Crippen LogP contribution in [0.15, 0.2) is 16.7 Å². The van der Waals surface area contributed by atoms with Crippen molar-refractivity contribution in [2.24, 2.45) is 7.05 Å². The molecule has 4 nitrogen and oxygen atoms in total. The smallest absolute Gasteiger partial charge is 0.163 e. The van der Waals surface area contributed by atoms with Crippen molar-refractivity contribution in [3.05, 3.63) is 31.6 Å². The molecule has 0 aromatic carbocycles. The fraction of sp³-hybridized carbons (Fsp3) is 0.300. The third-order valence-corrected chi connectivity index (χ3v) is 4.89. The molecule has 2 rings (SSSR count). The van der Waals surface area contributed by atoms with Crippen molar-refractivity contribution >= 4 is 38.9 Å². The third-order valence-electron chi connectivity index (χ3n) is 2.36. The minimum atomic E-state index is -0.800. The second kappa shape index (κ2) is 4.97. The predicted molar refractivity (Wildman–Crippen MR) is 70.9 cm³/mol. The molecule has 17 heavy (non-hydrogen) atoms. The molecule has 2 aromatic rings. The van der Waals surface area contributed by atoms with Gasteiger partial charge in [0.25, 0.3) is 0 Å². The lowest BCUT2D eigenvalue weighted by molar-refractivity contribution is 0.208. The Bertz CT molecular complexity index is 521. The number of nitrogens with zero attached hydrogens (tertiary/aromatic N) is 2. The van der Waals surface area contributed by atoms with Crippen LogP contribution < -0.4 is 4.74 Å². The summed E-state index contributed by atoms with van der Waals surface area (Å²) in [6.45, 7) is 0. The Kier molecular flexibility index (Phi) is 3.77. The summed E-state index contributed by atoms with van der Waals surface area (Å²) in [5.74, 6) is 0.556. The Balaban J connectivity index is 2.42. The Labute approximate surface area is 116 Å². The first-order valence-electron chi connectivity index (χ1n) is 4.73. The van der Waals surface area contributed by atoms with E-state index in [1.807, 2.05) is 0 Å². The Morgan fingerprint density at radius 3 is 2.88 bits per heavy atom. The van der Waals surface area contributed by atoms with E-state index in [0.717, 1.165) is 9.35 Å². The van der Waals surface area contributed by atoms with Crippen molar-refractivity contribution in [2.75, 3.05) is 7.11 Å². The molecular weight excluding hydrogens is 328 g/mol. The van der Waals surface area contributed by atoms with E-state index in [1.165, 1.54) is 11.3 Å². The highest BCUT2D eigenvalue weighted by atomic mass is 79.9. The molecule has 2 heterocycles. The van der Waals surface area contributed by atoms with Gasteiger partial charge in [-0.1, -0.05) is 11.6 Å². The van der Waals surface area contributed by atoms with Gasteiger partial charge in [0.05, 0.1) is 13.3 Å². The molecule has 0 aliphatic carbocycles. The molecule has 1 atom stereocenters. The van der Waals surface area contributed by atoms with Crippen LogP contribution >= 0.6 is 38.9 Å². The number of hydrogen-bond donors (Lipinski definition) is 1. The van der Waals surface area contributed by atoms with Crippen LogP contribution in [0.1, 0.15) is 16.7 Å². The zero-order valence-corrected chi connectivity index (χ0v) is 12.3. The van der Waals surface area contributed by atoms with Crippen molar-refractivity contribution in [1.82, 2.24) is 9.78 Å². The molecule has 0 fully saturated rings. The number of methoxy groups -OCH3 is 1. The molecule has 0 radical (unpaired) electrons. The zero-order chi connectivity index (χ0) is 12.6. The molecule has 92 valence electrons. The quantitative estimate of drug-likeness (QED) is 0.936. The SMILES string of the molecule is COc1cnn(C)c1C(O)c1cc(Br)c(Cl)s1. The number of hydrogen-bond acceptors (Lipinski definition) is 4. The third kappa shape index (κ3) is 2.35. The molecular formula is C10H10BrClN2O2S. The normalized spacial score (nSPS) is 12.8. The Morgan fingerprint density at radius 1 is 1.65 bits per heavy atom. The fourth-order valence-electron chi connectivity index (χ4n) is 1.53. The van der Waals surface area contributed by atoms with Gasteiger partial charge in [-0.3, -0.25) is 4.68 Å². The van der Waals surface area contributed by atoms with E-state index in [4.69, 9.17) is 16.3 Å². The first kappa shape index (κ1) is 12.9. The molecule has 0 saturated heterocycles. The van der Waals surface area contributed by atoms with E-state index in [-0.39, 0.29) is 0 Å². The topological polar surface area (TPSA) is 47.3 Å². The lowest BCUT2D eigenvalue weighted by Gasteiger charge is -2.10. The number of rotatable bonds is 3. The summed E-state index contributed by atoms with van der Waals surface area (Å²) in [4.78, 5) is 0.740. The van der Waals surface area contributed by atoms with Gasteiger partial charge in [-0.05, 0) is 22.0 Å². The maximum Gasteiger partial charge on any atom is 0.163 e. The zero-order valence-electron chi connectivity index (χ0n) is 9.15. The standard InChI is InChI=1S/C10H10BrClN2O2S/c1-14-8(6(16-2)4-13-14)9(15)7-3-5(11)10(12)17-7/h3-4,9,15H,1-2H3. The van der Waals surface area contributed by atoms with Crippen molar-refractivity contribution in [3.8, 4) is 5.75 Å². The summed E-state index contributed by atoms with van der Waals surface area (Å²) < 4.78 is 8.14. The van der Waals surface area contributed by atoms with E-state index in [1.54, 1.807) is 31.1 Å². The van der Waals surface area contributed by atoms with Crippen molar-refractivity contribution in [2.45, 2.75) is 6.10 Å². The van der Waals surface area contributed by atoms with Crippen molar-refractivity contribution in [3.63, 3.8) is 0 Å². The van der Waals surface area contributed by atoms with Crippen molar-refractivity contribution < 1.29 is 9.84 Å². The highest BCUT2D eigenvalue weighted by Crippen LogP contribution is 2.39. The first-order chi connectivity index (χ1) is 8.04. The summed E-state index contributed by atoms with van der Waals surface area (Å²) in [7, 11) is 3.30. The van der Waals surface area contributed by atoms with E-state index in [9.17, 15) is 5.11 Å². The highest BCUT2D eigenvalue weighted by Gasteiger charge is 2.22. The lowest BCUT2D eigenvalue weighted by atomic mass is 10.2. The van der Waals surface area contributed by atoms with Crippen LogP contribution in [0.25, 0.3) is 0 Å². The molecule has 1 unspecified atom stereocenters. The van der Waals surface area contributed by atoms with E-state index in [0.29, 0.717) is 15.8 Å². The van der Waals surface area contributed by atoms with Crippen LogP contribution in [0.4, 0.5) is 0 Å². The Morgan fingerprint density at radius 2 is 2.35 bits per heavy atom. The number of aliphatic hydroxyl groups excluding tert-OH is 1. The first-order valence-corrected chi connectivity index (χ1v) is 6.72. The predicted octanol–water partition coefficient (Wildman–Crippen LogP) is 2.99. The van der Waals surface area contributed by atoms with Gasteiger partial charge in [0.1, 0.15) is 16.1 Å². The minimum absolute atomic E-state index is 0.556. The molecule has 0 bridgehead atoms. The van der Waals surface area contributed by atoms with Crippen molar-refractivity contribution in [1.29, 1.82) is 0 Å². The summed E-state index contributed by atoms with van der Waals surface area (Å²) in [5.41, 5.74) is 0.609. The molecule has 0 aliphatic rings. The number of thiophene rings is 1. The highest BCUT2D eigenvalue weighted by molar-refractivity contribution is 9.10. The summed E-state index contributed by atoms with van der Waals surface area (Å²) in [6.07, 6.45) is 0.772. The summed E-state index contributed by atoms with van der Waals surface area (Å²) in [6, 6.07) is 1.80. The second-order valence-electron chi connectivity index (χ2n) is 3.39. The summed E-state index contributed by atoms with van der Waals surface area (Å²) >= 11 is 10.6. The van der Waals surface area contributed by atoms with Crippen LogP contribution in [0, 0.1) is 0 Å². The van der Waals surface area contributed by atoms with Gasteiger partial charge >= 0.3 is 0 Å². The molecule has 0 amide bonds. The van der Waals surface area contributed by atoms with Gasteiger partial charge in [-0.25, -0.2) is 0 Å². The van der Waals surface area contributed by atoms with Gasteiger partial charge in [-0.2, -0.15) is 5.10 Å². The van der Waals surface area contributed by atoms with Crippen LogP contribution in [0.5, 0.6) is 5.75 Å². The molecule has 1 N–H and O–H groups in total. The van der Waals surface area contributed by atoms with E-state index in [2.05, 4.69) is 21.0 Å². The maximum absolute atomic E-state index is 10.3. The molecule has 0 aliphatic heterocycles. The molecule has 7 heteroatoms. The largest absolute Gasteiger partial charge is 0.493 e. The molecule has 0 spiro atoms. The minimum Gasteiger partial charge on any atom is -0.493 e. The van der Waals surface area contributed by atoms with Gasteiger partial charge < -0.3 is 9.84 Å². The average molecular weight is 338 g/mol. The maximum atomic E-state index is 10.3. The van der Waals surface area contributed by atoms with Gasteiger partial charge in [0.2, 0.25) is 0 Å². The van der Waals surface area contributed by atoms with Gasteiger partial charge in [-0.15, -0.1) is 11.3 Å². The van der Waals surface area contributed by atoms with Crippen LogP contribution in [0.3, 0.4) is 0 Å². The van der Waals surface area contributed by atoms with Crippen LogP contribution in [0.2, 0.25) is 4.34 Å². The number of halogens is 2. The lowest BCUT2D eigenvalue weighted by Crippen LogP contribution is -2.06. The molecule has 0 saturated carbocycles. The number of aromatic nitrogens is 2.